The summed E-state index contributed by atoms with van der Waals surface area (Å²) in [5.41, 5.74) is -1.50. The highest BCUT2D eigenvalue weighted by molar-refractivity contribution is 5.95. The van der Waals surface area contributed by atoms with E-state index in [1.807, 2.05) is 26.8 Å². The van der Waals surface area contributed by atoms with Gasteiger partial charge in [0.25, 0.3) is 0 Å². The van der Waals surface area contributed by atoms with Gasteiger partial charge in [-0.05, 0) is 44.1 Å². The van der Waals surface area contributed by atoms with Crippen LogP contribution < -0.4 is 0 Å². The van der Waals surface area contributed by atoms with Crippen molar-refractivity contribution in [3.05, 3.63) is 24.8 Å². The molecule has 0 aromatic heterocycles. The molecule has 3 nitrogen and oxygen atoms in total. The fraction of sp³-hybridized carbons (Fsp3) is 0.750. The topological polar surface area (TPSA) is 46.5 Å². The first kappa shape index (κ1) is 16.9. The first-order chi connectivity index (χ1) is 10.5. The molecule has 0 aromatic carbocycles. The Bertz CT molecular complexity index is 577. The standard InChI is InChI=1S/C20H30O3/c1-7-18(4)12-13(21)16-19(5)10-9-15(22)17(2,3)14(19)8-11-20(16,6)23-18/h7,9-10,13-14,16,21H,1,8,11-12H2,2-6H3/t13-,14?,16?,18+,19-,20+/m1/s1. The number of rotatable bonds is 1. The van der Waals surface area contributed by atoms with E-state index < -0.39 is 17.3 Å². The summed E-state index contributed by atoms with van der Waals surface area (Å²) in [7, 11) is 0. The Morgan fingerprint density at radius 3 is 2.57 bits per heavy atom. The van der Waals surface area contributed by atoms with Crippen LogP contribution in [0.1, 0.15) is 53.9 Å². The molecule has 0 amide bonds. The zero-order valence-corrected chi connectivity index (χ0v) is 15.1. The van der Waals surface area contributed by atoms with E-state index >= 15 is 0 Å². The van der Waals surface area contributed by atoms with Gasteiger partial charge in [-0.25, -0.2) is 0 Å². The van der Waals surface area contributed by atoms with Crippen molar-refractivity contribution in [3.63, 3.8) is 0 Å². The van der Waals surface area contributed by atoms with Gasteiger partial charge >= 0.3 is 0 Å². The molecule has 23 heavy (non-hydrogen) atoms. The molecular weight excluding hydrogens is 288 g/mol. The summed E-state index contributed by atoms with van der Waals surface area (Å²) in [5.74, 6) is 0.424. The van der Waals surface area contributed by atoms with Gasteiger partial charge in [0.1, 0.15) is 0 Å². The first-order valence-corrected chi connectivity index (χ1v) is 8.74. The highest BCUT2D eigenvalue weighted by Gasteiger charge is 2.64. The maximum Gasteiger partial charge on any atom is 0.161 e. The van der Waals surface area contributed by atoms with Gasteiger partial charge in [0.05, 0.1) is 17.3 Å². The van der Waals surface area contributed by atoms with Crippen LogP contribution in [0.15, 0.2) is 24.8 Å². The number of carbonyl (C=O) groups excluding carboxylic acids is 1. The van der Waals surface area contributed by atoms with Crippen LogP contribution in [-0.2, 0) is 9.53 Å². The van der Waals surface area contributed by atoms with Crippen molar-refractivity contribution in [2.24, 2.45) is 22.7 Å². The van der Waals surface area contributed by atoms with Crippen LogP contribution in [0, 0.1) is 22.7 Å². The smallest absolute Gasteiger partial charge is 0.161 e. The molecule has 1 N–H and O–H groups in total. The average molecular weight is 318 g/mol. The maximum absolute atomic E-state index is 12.4. The lowest BCUT2D eigenvalue weighted by Gasteiger charge is -2.64. The zero-order chi connectivity index (χ0) is 17.3. The summed E-state index contributed by atoms with van der Waals surface area (Å²) in [6.07, 6.45) is 7.50. The third-order valence-corrected chi connectivity index (χ3v) is 7.01. The van der Waals surface area contributed by atoms with Crippen molar-refractivity contribution in [2.45, 2.75) is 71.2 Å². The van der Waals surface area contributed by atoms with E-state index in [4.69, 9.17) is 4.74 Å². The van der Waals surface area contributed by atoms with Gasteiger partial charge in [0.15, 0.2) is 5.78 Å². The summed E-state index contributed by atoms with van der Waals surface area (Å²) in [4.78, 5) is 12.4. The first-order valence-electron chi connectivity index (χ1n) is 8.74. The quantitative estimate of drug-likeness (QED) is 0.750. The largest absolute Gasteiger partial charge is 0.393 e. The Kier molecular flexibility index (Phi) is 3.53. The number of aliphatic hydroxyl groups excluding tert-OH is 1. The van der Waals surface area contributed by atoms with E-state index in [0.717, 1.165) is 12.8 Å². The van der Waals surface area contributed by atoms with Gasteiger partial charge in [0, 0.05) is 17.8 Å². The average Bonchev–Trinajstić information content (AvgIpc) is 2.41. The third-order valence-electron chi connectivity index (χ3n) is 7.01. The minimum absolute atomic E-state index is 0.00889. The van der Waals surface area contributed by atoms with E-state index in [-0.39, 0.29) is 28.4 Å². The van der Waals surface area contributed by atoms with Crippen molar-refractivity contribution < 1.29 is 14.6 Å². The molecule has 128 valence electrons. The highest BCUT2D eigenvalue weighted by Crippen LogP contribution is 2.63. The molecule has 2 aliphatic carbocycles. The number of ketones is 1. The summed E-state index contributed by atoms with van der Waals surface area (Å²) in [6.45, 7) is 14.3. The molecule has 6 atom stereocenters. The van der Waals surface area contributed by atoms with E-state index in [1.165, 1.54) is 0 Å². The lowest BCUT2D eigenvalue weighted by atomic mass is 9.45. The van der Waals surface area contributed by atoms with Gasteiger partial charge in [0.2, 0.25) is 0 Å². The van der Waals surface area contributed by atoms with Crippen LogP contribution in [0.5, 0.6) is 0 Å². The number of hydrogen-bond acceptors (Lipinski definition) is 3. The molecule has 3 aliphatic rings. The minimum Gasteiger partial charge on any atom is -0.393 e. The number of ether oxygens (including phenoxy) is 1. The van der Waals surface area contributed by atoms with Crippen molar-refractivity contribution in [1.82, 2.24) is 0 Å². The van der Waals surface area contributed by atoms with Crippen LogP contribution in [0.3, 0.4) is 0 Å². The highest BCUT2D eigenvalue weighted by atomic mass is 16.5. The van der Waals surface area contributed by atoms with E-state index in [0.29, 0.717) is 6.42 Å². The Balaban J connectivity index is 2.08. The fourth-order valence-corrected chi connectivity index (χ4v) is 5.94. The second-order valence-electron chi connectivity index (χ2n) is 9.06. The SMILES string of the molecule is C=C[C@@]1(C)C[C@@H](O)C2[C@]3(C)C=CC(=O)C(C)(C)C3CC[C@]2(C)O1. The number of aliphatic hydroxyl groups is 1. The van der Waals surface area contributed by atoms with Crippen LogP contribution in [0.2, 0.25) is 0 Å². The van der Waals surface area contributed by atoms with Crippen molar-refractivity contribution in [1.29, 1.82) is 0 Å². The molecule has 3 rings (SSSR count). The number of fused-ring (bicyclic) bond motifs is 3. The lowest BCUT2D eigenvalue weighted by Crippen LogP contribution is -2.66. The third kappa shape index (κ3) is 2.20. The van der Waals surface area contributed by atoms with Gasteiger partial charge in [-0.3, -0.25) is 4.79 Å². The summed E-state index contributed by atoms with van der Waals surface area (Å²) < 4.78 is 6.50. The van der Waals surface area contributed by atoms with Crippen LogP contribution in [0.25, 0.3) is 0 Å². The number of carbonyl (C=O) groups is 1. The predicted octanol–water partition coefficient (Wildman–Crippen LogP) is 3.67. The predicted molar refractivity (Wildman–Crippen MR) is 91.0 cm³/mol. The van der Waals surface area contributed by atoms with Crippen molar-refractivity contribution in [3.8, 4) is 0 Å². The molecular formula is C20H30O3. The minimum atomic E-state index is -0.489. The number of hydrogen-bond donors (Lipinski definition) is 1. The molecule has 0 aromatic rings. The Morgan fingerprint density at radius 2 is 1.96 bits per heavy atom. The zero-order valence-electron chi connectivity index (χ0n) is 15.1. The summed E-state index contributed by atoms with van der Waals surface area (Å²) in [5, 5.41) is 11.0. The van der Waals surface area contributed by atoms with Gasteiger partial charge < -0.3 is 9.84 Å². The maximum atomic E-state index is 12.4. The van der Waals surface area contributed by atoms with E-state index in [9.17, 15) is 9.90 Å². The molecule has 1 heterocycles. The molecule has 1 aliphatic heterocycles. The monoisotopic (exact) mass is 318 g/mol. The van der Waals surface area contributed by atoms with Crippen molar-refractivity contribution in [2.75, 3.05) is 0 Å². The lowest BCUT2D eigenvalue weighted by molar-refractivity contribution is -0.268. The van der Waals surface area contributed by atoms with Crippen LogP contribution >= 0.6 is 0 Å². The van der Waals surface area contributed by atoms with Crippen LogP contribution in [0.4, 0.5) is 0 Å². The fourth-order valence-electron chi connectivity index (χ4n) is 5.94. The Labute approximate surface area is 139 Å². The molecule has 0 radical (unpaired) electrons. The molecule has 1 saturated heterocycles. The normalized spacial score (nSPS) is 51.7. The molecule has 1 saturated carbocycles. The van der Waals surface area contributed by atoms with Crippen LogP contribution in [-0.4, -0.2) is 28.2 Å². The summed E-state index contributed by atoms with van der Waals surface area (Å²) in [6, 6.07) is 0. The molecule has 0 bridgehead atoms. The Morgan fingerprint density at radius 1 is 1.30 bits per heavy atom. The van der Waals surface area contributed by atoms with E-state index in [1.54, 1.807) is 6.08 Å². The van der Waals surface area contributed by atoms with Gasteiger partial charge in [-0.15, -0.1) is 6.58 Å². The molecule has 2 fully saturated rings. The van der Waals surface area contributed by atoms with E-state index in [2.05, 4.69) is 26.5 Å². The van der Waals surface area contributed by atoms with Gasteiger partial charge in [-0.2, -0.15) is 0 Å². The molecule has 2 unspecified atom stereocenters. The Hall–Kier alpha value is -0.930. The van der Waals surface area contributed by atoms with Gasteiger partial charge in [-0.1, -0.05) is 32.9 Å². The van der Waals surface area contributed by atoms with Crippen molar-refractivity contribution >= 4 is 5.78 Å². The summed E-state index contributed by atoms with van der Waals surface area (Å²) >= 11 is 0. The second-order valence-corrected chi connectivity index (χ2v) is 9.06. The molecule has 0 spiro atoms. The molecule has 3 heteroatoms. The number of allylic oxidation sites excluding steroid dienone is 2. The second kappa shape index (κ2) is 4.80.